The van der Waals surface area contributed by atoms with E-state index in [-0.39, 0.29) is 36.8 Å². The molecule has 196 valence electrons. The fourth-order valence-electron chi connectivity index (χ4n) is 3.48. The maximum atomic E-state index is 12.6. The summed E-state index contributed by atoms with van der Waals surface area (Å²) in [6, 6.07) is -1.29. The number of rotatable bonds is 20. The van der Waals surface area contributed by atoms with Crippen LogP contribution in [0.1, 0.15) is 33.1 Å². The quantitative estimate of drug-likeness (QED) is 0.124. The van der Waals surface area contributed by atoms with Crippen LogP contribution in [0.2, 0.25) is 0 Å². The summed E-state index contributed by atoms with van der Waals surface area (Å²) in [5.74, 6) is -1.66. The number of nitrogens with one attached hydrogen (secondary N) is 3. The standard InChI is InChI=1S/C22H40N4O8/c1-17(2)20(22(30)31)25-21(29)18-4-3-8-26(18)9-6-24-19(28)5-10-32-12-14-34-15-13-33-11-7-23-16-27/h16-18,20H,3-15H2,1-2H3,(H,23,27)(H,24,28)(H,25,29)(H,30,31)/t18-,20-/m0/s1. The second kappa shape index (κ2) is 18.1. The van der Waals surface area contributed by atoms with Gasteiger partial charge in [-0.1, -0.05) is 13.8 Å². The molecule has 2 atom stereocenters. The summed E-state index contributed by atoms with van der Waals surface area (Å²) in [6.07, 6.45) is 2.37. The van der Waals surface area contributed by atoms with E-state index in [1.807, 2.05) is 4.90 Å². The van der Waals surface area contributed by atoms with Gasteiger partial charge in [0, 0.05) is 26.1 Å². The number of hydrogen-bond acceptors (Lipinski definition) is 8. The van der Waals surface area contributed by atoms with Crippen molar-refractivity contribution in [2.24, 2.45) is 5.92 Å². The fourth-order valence-corrected chi connectivity index (χ4v) is 3.48. The van der Waals surface area contributed by atoms with Gasteiger partial charge in [-0.15, -0.1) is 0 Å². The number of carboxylic acid groups (broad SMARTS) is 1. The molecule has 34 heavy (non-hydrogen) atoms. The third-order valence-corrected chi connectivity index (χ3v) is 5.31. The maximum Gasteiger partial charge on any atom is 0.326 e. The van der Waals surface area contributed by atoms with Crippen LogP contribution < -0.4 is 16.0 Å². The summed E-state index contributed by atoms with van der Waals surface area (Å²) in [5.41, 5.74) is 0. The van der Waals surface area contributed by atoms with Gasteiger partial charge in [0.05, 0.1) is 45.7 Å². The first-order valence-electron chi connectivity index (χ1n) is 11.8. The van der Waals surface area contributed by atoms with E-state index >= 15 is 0 Å². The summed E-state index contributed by atoms with van der Waals surface area (Å²) in [6.45, 7) is 7.98. The first kappa shape index (κ1) is 29.8. The number of carbonyl (C=O) groups excluding carboxylic acids is 3. The van der Waals surface area contributed by atoms with Crippen molar-refractivity contribution in [1.82, 2.24) is 20.9 Å². The molecule has 0 radical (unpaired) electrons. The highest BCUT2D eigenvalue weighted by molar-refractivity contribution is 5.87. The van der Waals surface area contributed by atoms with E-state index in [9.17, 15) is 24.3 Å². The second-order valence-electron chi connectivity index (χ2n) is 8.27. The Morgan fingerprint density at radius 2 is 1.68 bits per heavy atom. The van der Waals surface area contributed by atoms with Gasteiger partial charge >= 0.3 is 5.97 Å². The molecule has 0 aromatic heterocycles. The summed E-state index contributed by atoms with van der Waals surface area (Å²) in [5, 5.41) is 17.2. The molecule has 0 unspecified atom stereocenters. The van der Waals surface area contributed by atoms with Crippen LogP contribution in [0.3, 0.4) is 0 Å². The van der Waals surface area contributed by atoms with Gasteiger partial charge in [0.25, 0.3) is 0 Å². The van der Waals surface area contributed by atoms with Crippen LogP contribution in [0, 0.1) is 5.92 Å². The van der Waals surface area contributed by atoms with Gasteiger partial charge in [0.2, 0.25) is 18.2 Å². The Bertz CT molecular complexity index is 620. The number of carbonyl (C=O) groups is 4. The predicted octanol–water partition coefficient (Wildman–Crippen LogP) is -1.02. The van der Waals surface area contributed by atoms with Gasteiger partial charge in [0.15, 0.2) is 0 Å². The number of ether oxygens (including phenoxy) is 3. The van der Waals surface area contributed by atoms with Crippen molar-refractivity contribution in [1.29, 1.82) is 0 Å². The molecule has 1 aliphatic rings. The minimum Gasteiger partial charge on any atom is -0.480 e. The van der Waals surface area contributed by atoms with Crippen LogP contribution in [0.4, 0.5) is 0 Å². The molecule has 1 heterocycles. The Kier molecular flexibility index (Phi) is 15.8. The van der Waals surface area contributed by atoms with Crippen LogP contribution in [0.5, 0.6) is 0 Å². The third-order valence-electron chi connectivity index (χ3n) is 5.31. The Labute approximate surface area is 201 Å². The average molecular weight is 489 g/mol. The average Bonchev–Trinajstić information content (AvgIpc) is 3.26. The molecule has 0 aromatic carbocycles. The van der Waals surface area contributed by atoms with Gasteiger partial charge in [-0.2, -0.15) is 0 Å². The van der Waals surface area contributed by atoms with Crippen LogP contribution in [-0.4, -0.2) is 112 Å². The Morgan fingerprint density at radius 1 is 1.03 bits per heavy atom. The van der Waals surface area contributed by atoms with Gasteiger partial charge in [-0.3, -0.25) is 19.3 Å². The molecule has 12 nitrogen and oxygen atoms in total. The number of likely N-dealkylation sites (tertiary alicyclic amines) is 1. The highest BCUT2D eigenvalue weighted by Gasteiger charge is 2.33. The Hall–Kier alpha value is -2.28. The zero-order chi connectivity index (χ0) is 25.2. The van der Waals surface area contributed by atoms with E-state index in [2.05, 4.69) is 16.0 Å². The van der Waals surface area contributed by atoms with Crippen LogP contribution >= 0.6 is 0 Å². The molecule has 4 N–H and O–H groups in total. The molecule has 0 spiro atoms. The van der Waals surface area contributed by atoms with E-state index in [1.165, 1.54) is 0 Å². The van der Waals surface area contributed by atoms with E-state index in [0.717, 1.165) is 13.0 Å². The molecule has 12 heteroatoms. The maximum absolute atomic E-state index is 12.6. The molecule has 1 aliphatic heterocycles. The molecule has 0 aliphatic carbocycles. The lowest BCUT2D eigenvalue weighted by Crippen LogP contribution is -2.52. The van der Waals surface area contributed by atoms with Gasteiger partial charge < -0.3 is 35.3 Å². The van der Waals surface area contributed by atoms with Gasteiger partial charge in [-0.05, 0) is 25.3 Å². The summed E-state index contributed by atoms with van der Waals surface area (Å²) >= 11 is 0. The molecular formula is C22H40N4O8. The molecule has 1 rings (SSSR count). The monoisotopic (exact) mass is 488 g/mol. The smallest absolute Gasteiger partial charge is 0.326 e. The highest BCUT2D eigenvalue weighted by atomic mass is 16.5. The van der Waals surface area contributed by atoms with E-state index < -0.39 is 12.0 Å². The van der Waals surface area contributed by atoms with Gasteiger partial charge in [-0.25, -0.2) is 4.79 Å². The number of hydrogen-bond donors (Lipinski definition) is 4. The van der Waals surface area contributed by atoms with Crippen molar-refractivity contribution < 1.29 is 38.5 Å². The van der Waals surface area contributed by atoms with E-state index in [1.54, 1.807) is 13.8 Å². The largest absolute Gasteiger partial charge is 0.480 e. The predicted molar refractivity (Wildman–Crippen MR) is 123 cm³/mol. The van der Waals surface area contributed by atoms with Crippen molar-refractivity contribution in [2.75, 3.05) is 65.8 Å². The lowest BCUT2D eigenvalue weighted by Gasteiger charge is -2.26. The number of amides is 3. The summed E-state index contributed by atoms with van der Waals surface area (Å²) in [4.78, 5) is 47.9. The first-order chi connectivity index (χ1) is 16.4. The van der Waals surface area contributed by atoms with Crippen molar-refractivity contribution in [3.63, 3.8) is 0 Å². The molecule has 0 aromatic rings. The normalized spacial score (nSPS) is 16.9. The van der Waals surface area contributed by atoms with Crippen molar-refractivity contribution in [3.05, 3.63) is 0 Å². The summed E-state index contributed by atoms with van der Waals surface area (Å²) < 4.78 is 16.0. The van der Waals surface area contributed by atoms with E-state index in [0.29, 0.717) is 65.5 Å². The fraction of sp³-hybridized carbons (Fsp3) is 0.818. The first-order valence-corrected chi connectivity index (χ1v) is 11.8. The zero-order valence-corrected chi connectivity index (χ0v) is 20.3. The zero-order valence-electron chi connectivity index (χ0n) is 20.3. The third kappa shape index (κ3) is 12.8. The molecule has 1 fully saturated rings. The molecule has 3 amide bonds. The molecule has 0 bridgehead atoms. The van der Waals surface area contributed by atoms with Crippen molar-refractivity contribution in [2.45, 2.75) is 45.2 Å². The van der Waals surface area contributed by atoms with E-state index in [4.69, 9.17) is 14.2 Å². The lowest BCUT2D eigenvalue weighted by atomic mass is 10.0. The highest BCUT2D eigenvalue weighted by Crippen LogP contribution is 2.17. The minimum atomic E-state index is -1.04. The summed E-state index contributed by atoms with van der Waals surface area (Å²) in [7, 11) is 0. The lowest BCUT2D eigenvalue weighted by molar-refractivity contribution is -0.143. The second-order valence-corrected chi connectivity index (χ2v) is 8.27. The van der Waals surface area contributed by atoms with Crippen LogP contribution in [-0.2, 0) is 33.4 Å². The molecular weight excluding hydrogens is 448 g/mol. The van der Waals surface area contributed by atoms with Crippen molar-refractivity contribution >= 4 is 24.2 Å². The number of aliphatic carboxylic acids is 1. The van der Waals surface area contributed by atoms with Crippen LogP contribution in [0.25, 0.3) is 0 Å². The number of carboxylic acids is 1. The minimum absolute atomic E-state index is 0.135. The van der Waals surface area contributed by atoms with Crippen LogP contribution in [0.15, 0.2) is 0 Å². The molecule has 0 saturated carbocycles. The topological polar surface area (TPSA) is 156 Å². The Balaban J connectivity index is 2.09. The SMILES string of the molecule is CC(C)[C@H](NC(=O)[C@@H]1CCCN1CCNC(=O)CCOCCOCCOCCNC=O)C(=O)O. The molecule has 1 saturated heterocycles. The van der Waals surface area contributed by atoms with Gasteiger partial charge in [0.1, 0.15) is 6.04 Å². The Morgan fingerprint density at radius 3 is 2.29 bits per heavy atom. The number of nitrogens with zero attached hydrogens (tertiary/aromatic N) is 1. The van der Waals surface area contributed by atoms with Crippen molar-refractivity contribution in [3.8, 4) is 0 Å².